The highest BCUT2D eigenvalue weighted by atomic mass is 79.9. The normalized spacial score (nSPS) is 11.4. The number of anilines is 3. The maximum absolute atomic E-state index is 3.76. The molecule has 6 aromatic carbocycles. The fourth-order valence-electron chi connectivity index (χ4n) is 4.71. The monoisotopic (exact) mass is 629 g/mol. The Hall–Kier alpha value is -2.66. The van der Waals surface area contributed by atoms with Crippen molar-refractivity contribution in [3.8, 4) is 0 Å². The Labute approximate surface area is 223 Å². The van der Waals surface area contributed by atoms with Crippen LogP contribution in [0, 0.1) is 0 Å². The van der Waals surface area contributed by atoms with E-state index in [2.05, 4.69) is 162 Å². The molecule has 0 aliphatic rings. The van der Waals surface area contributed by atoms with Gasteiger partial charge in [0.1, 0.15) is 0 Å². The van der Waals surface area contributed by atoms with Crippen molar-refractivity contribution in [2.45, 2.75) is 0 Å². The predicted molar refractivity (Wildman–Crippen MR) is 157 cm³/mol. The summed E-state index contributed by atoms with van der Waals surface area (Å²) in [4.78, 5) is 2.40. The third-order valence-corrected chi connectivity index (χ3v) is 8.34. The standard InChI is InChI=1S/C30H18Br3N/c31-25-13-16-28(22-10-4-1-7-19(22)25)34(29-17-14-26(32)20-8-2-5-11-23(20)29)30-18-15-27(33)21-9-3-6-12-24(21)30/h1-18H. The largest absolute Gasteiger partial charge is 0.309 e. The fourth-order valence-corrected chi connectivity index (χ4v) is 6.15. The molecule has 1 nitrogen and oxygen atoms in total. The molecule has 6 aromatic rings. The summed E-state index contributed by atoms with van der Waals surface area (Å²) in [5.41, 5.74) is 3.41. The van der Waals surface area contributed by atoms with Crippen LogP contribution in [0.3, 0.4) is 0 Å². The number of benzene rings is 6. The highest BCUT2D eigenvalue weighted by molar-refractivity contribution is 9.11. The minimum atomic E-state index is 1.09. The van der Waals surface area contributed by atoms with Crippen molar-refractivity contribution in [2.75, 3.05) is 4.90 Å². The molecule has 6 rings (SSSR count). The summed E-state index contributed by atoms with van der Waals surface area (Å²) in [6, 6.07) is 38.7. The Morgan fingerprint density at radius 2 is 0.588 bits per heavy atom. The highest BCUT2D eigenvalue weighted by Gasteiger charge is 2.21. The number of hydrogen-bond acceptors (Lipinski definition) is 1. The molecule has 0 radical (unpaired) electrons. The Balaban J connectivity index is 1.77. The van der Waals surface area contributed by atoms with Gasteiger partial charge in [-0.25, -0.2) is 0 Å². The van der Waals surface area contributed by atoms with E-state index in [4.69, 9.17) is 0 Å². The molecule has 0 bridgehead atoms. The lowest BCUT2D eigenvalue weighted by molar-refractivity contribution is 1.32. The summed E-state index contributed by atoms with van der Waals surface area (Å²) in [6.45, 7) is 0. The number of hydrogen-bond donors (Lipinski definition) is 0. The summed E-state index contributed by atoms with van der Waals surface area (Å²) in [6.07, 6.45) is 0. The molecule has 164 valence electrons. The highest BCUT2D eigenvalue weighted by Crippen LogP contribution is 2.47. The van der Waals surface area contributed by atoms with Crippen LogP contribution in [0.4, 0.5) is 17.1 Å². The van der Waals surface area contributed by atoms with Crippen LogP contribution >= 0.6 is 47.8 Å². The minimum Gasteiger partial charge on any atom is -0.309 e. The first-order chi connectivity index (χ1) is 16.6. The SMILES string of the molecule is Brc1ccc(N(c2ccc(Br)c3ccccc23)c2ccc(Br)c3ccccc23)c2ccccc12. The van der Waals surface area contributed by atoms with Crippen LogP contribution in [0.15, 0.2) is 123 Å². The van der Waals surface area contributed by atoms with E-state index in [0.29, 0.717) is 0 Å². The van der Waals surface area contributed by atoms with Crippen LogP contribution in [0.1, 0.15) is 0 Å². The van der Waals surface area contributed by atoms with Crippen molar-refractivity contribution in [2.24, 2.45) is 0 Å². The first kappa shape index (κ1) is 21.8. The van der Waals surface area contributed by atoms with E-state index in [-0.39, 0.29) is 0 Å². The molecule has 0 aliphatic carbocycles. The summed E-state index contributed by atoms with van der Waals surface area (Å²) in [7, 11) is 0. The molecular formula is C30H18Br3N. The average molecular weight is 632 g/mol. The van der Waals surface area contributed by atoms with E-state index in [1.807, 2.05) is 0 Å². The first-order valence-corrected chi connectivity index (χ1v) is 13.3. The summed E-state index contributed by atoms with van der Waals surface area (Å²) >= 11 is 11.3. The zero-order chi connectivity index (χ0) is 23.2. The molecule has 0 amide bonds. The van der Waals surface area contributed by atoms with Gasteiger partial charge < -0.3 is 4.90 Å². The topological polar surface area (TPSA) is 3.24 Å². The van der Waals surface area contributed by atoms with Crippen LogP contribution < -0.4 is 4.90 Å². The second-order valence-corrected chi connectivity index (χ2v) is 10.7. The van der Waals surface area contributed by atoms with Gasteiger partial charge in [0.2, 0.25) is 0 Å². The lowest BCUT2D eigenvalue weighted by atomic mass is 10.0. The van der Waals surface area contributed by atoms with Gasteiger partial charge in [0.05, 0.1) is 17.1 Å². The van der Waals surface area contributed by atoms with Crippen LogP contribution in [0.5, 0.6) is 0 Å². The van der Waals surface area contributed by atoms with E-state index >= 15 is 0 Å². The lowest BCUT2D eigenvalue weighted by Gasteiger charge is -2.30. The zero-order valence-electron chi connectivity index (χ0n) is 18.0. The maximum Gasteiger partial charge on any atom is 0.0541 e. The molecule has 34 heavy (non-hydrogen) atoms. The quantitative estimate of drug-likeness (QED) is 0.188. The third-order valence-electron chi connectivity index (χ3n) is 6.27. The van der Waals surface area contributed by atoms with E-state index < -0.39 is 0 Å². The Kier molecular flexibility index (Phi) is 5.68. The molecule has 0 fully saturated rings. The molecule has 0 N–H and O–H groups in total. The van der Waals surface area contributed by atoms with Crippen LogP contribution in [-0.2, 0) is 0 Å². The molecule has 0 spiro atoms. The average Bonchev–Trinajstić information content (AvgIpc) is 2.88. The molecule has 0 heterocycles. The summed E-state index contributed by atoms with van der Waals surface area (Å²) < 4.78 is 3.27. The minimum absolute atomic E-state index is 1.09. The second-order valence-electron chi connectivity index (χ2n) is 8.17. The van der Waals surface area contributed by atoms with E-state index in [9.17, 15) is 0 Å². The van der Waals surface area contributed by atoms with Crippen molar-refractivity contribution in [3.05, 3.63) is 123 Å². The Morgan fingerprint density at radius 3 is 0.882 bits per heavy atom. The number of halogens is 3. The van der Waals surface area contributed by atoms with Gasteiger partial charge in [-0.2, -0.15) is 0 Å². The van der Waals surface area contributed by atoms with Gasteiger partial charge in [-0.1, -0.05) is 121 Å². The van der Waals surface area contributed by atoms with Crippen LogP contribution in [0.25, 0.3) is 32.3 Å². The maximum atomic E-state index is 3.76. The Morgan fingerprint density at radius 1 is 0.324 bits per heavy atom. The van der Waals surface area contributed by atoms with Crippen LogP contribution in [-0.4, -0.2) is 0 Å². The predicted octanol–water partition coefficient (Wildman–Crippen LogP) is 10.9. The van der Waals surface area contributed by atoms with E-state index in [0.717, 1.165) is 30.5 Å². The molecule has 0 atom stereocenters. The van der Waals surface area contributed by atoms with Crippen molar-refractivity contribution < 1.29 is 0 Å². The lowest BCUT2D eigenvalue weighted by Crippen LogP contribution is -2.12. The summed E-state index contributed by atoms with van der Waals surface area (Å²) in [5.74, 6) is 0. The van der Waals surface area contributed by atoms with Gasteiger partial charge in [0.25, 0.3) is 0 Å². The van der Waals surface area contributed by atoms with Crippen LogP contribution in [0.2, 0.25) is 0 Å². The van der Waals surface area contributed by atoms with Gasteiger partial charge in [-0.05, 0) is 52.6 Å². The van der Waals surface area contributed by atoms with Gasteiger partial charge in [-0.3, -0.25) is 0 Å². The smallest absolute Gasteiger partial charge is 0.0541 e. The zero-order valence-corrected chi connectivity index (χ0v) is 22.7. The van der Waals surface area contributed by atoms with Crippen molar-refractivity contribution in [1.82, 2.24) is 0 Å². The summed E-state index contributed by atoms with van der Waals surface area (Å²) in [5, 5.41) is 7.14. The number of fused-ring (bicyclic) bond motifs is 3. The third kappa shape index (κ3) is 3.56. The van der Waals surface area contributed by atoms with Gasteiger partial charge >= 0.3 is 0 Å². The molecular weight excluding hydrogens is 614 g/mol. The van der Waals surface area contributed by atoms with E-state index in [1.165, 1.54) is 32.3 Å². The Bertz CT molecular complexity index is 1500. The molecule has 0 saturated heterocycles. The second kappa shape index (κ2) is 8.84. The van der Waals surface area contributed by atoms with Crippen molar-refractivity contribution in [3.63, 3.8) is 0 Å². The molecule has 0 unspecified atom stereocenters. The van der Waals surface area contributed by atoms with Gasteiger partial charge in [-0.15, -0.1) is 0 Å². The van der Waals surface area contributed by atoms with Gasteiger partial charge in [0, 0.05) is 29.6 Å². The fraction of sp³-hybridized carbons (Fsp3) is 0. The molecule has 4 heteroatoms. The number of nitrogens with zero attached hydrogens (tertiary/aromatic N) is 1. The molecule has 0 aromatic heterocycles. The molecule has 0 aliphatic heterocycles. The van der Waals surface area contributed by atoms with Crippen molar-refractivity contribution in [1.29, 1.82) is 0 Å². The van der Waals surface area contributed by atoms with Gasteiger partial charge in [0.15, 0.2) is 0 Å². The molecule has 0 saturated carbocycles. The van der Waals surface area contributed by atoms with Crippen molar-refractivity contribution >= 4 is 97.2 Å². The number of rotatable bonds is 3. The van der Waals surface area contributed by atoms with E-state index in [1.54, 1.807) is 0 Å². The first-order valence-electron chi connectivity index (χ1n) is 11.0.